The first-order chi connectivity index (χ1) is 30.2. The monoisotopic (exact) mass is 932 g/mol. The van der Waals surface area contributed by atoms with Crippen LogP contribution in [0.3, 0.4) is 0 Å². The third kappa shape index (κ3) is 44.2. The quantitative estimate of drug-likeness (QED) is 0.0110. The third-order valence-corrected chi connectivity index (χ3v) is 10.4. The lowest BCUT2D eigenvalue weighted by Crippen LogP contribution is -2.30. The molecule has 0 fully saturated rings. The zero-order valence-corrected chi connectivity index (χ0v) is 39.4. The Morgan fingerprint density at radius 3 is 1.70 bits per heavy atom. The summed E-state index contributed by atoms with van der Waals surface area (Å²) in [4.78, 5) is 52.7. The van der Waals surface area contributed by atoms with Crippen molar-refractivity contribution in [3.05, 3.63) is 85.1 Å². The summed E-state index contributed by atoms with van der Waals surface area (Å²) in [6.07, 6.45) is 39.2. The highest BCUT2D eigenvalue weighted by atomic mass is 31.2. The number of unbranched alkanes of at least 4 members (excludes halogenated alkanes) is 10. The van der Waals surface area contributed by atoms with E-state index in [1.165, 1.54) is 51.4 Å². The fraction of sp³-hybridized carbons (Fsp3) is 0.652. The Hall–Kier alpha value is -2.78. The topological polar surface area (TPSA) is 236 Å². The van der Waals surface area contributed by atoms with Crippen LogP contribution in [0.1, 0.15) is 142 Å². The summed E-state index contributed by atoms with van der Waals surface area (Å²) >= 11 is 0. The molecule has 0 aliphatic carbocycles. The number of carbonyl (C=O) groups is 2. The number of hydrogen-bond donors (Lipinski definition) is 6. The van der Waals surface area contributed by atoms with Crippen LogP contribution in [0.2, 0.25) is 0 Å². The van der Waals surface area contributed by atoms with E-state index in [1.807, 2.05) is 18.2 Å². The zero-order chi connectivity index (χ0) is 46.9. The minimum absolute atomic E-state index is 0.0664. The summed E-state index contributed by atoms with van der Waals surface area (Å²) in [6.45, 7) is 1.34. The number of aliphatic hydroxyl groups excluding tert-OH is 3. The summed E-state index contributed by atoms with van der Waals surface area (Å²) in [5.74, 6) is -1.34. The Kier molecular flexibility index (Phi) is 38.9. The summed E-state index contributed by atoms with van der Waals surface area (Å²) in [5.41, 5.74) is 0. The molecule has 6 N–H and O–H groups in total. The molecule has 0 aromatic rings. The van der Waals surface area contributed by atoms with Gasteiger partial charge in [-0.1, -0.05) is 144 Å². The zero-order valence-electron chi connectivity index (χ0n) is 37.6. The SMILES string of the molecule is CCCCC/C=C\C[C@H](O)/C=C/C=C/C=C\[C@H](O)CCCC(=O)O[C@H](COC(=O)CCC/C=C\C/C=C\C/C=C\CCCCCCCC)COP(=O)(O)OC[C@@H](O)COP(=O)(O)O. The van der Waals surface area contributed by atoms with Crippen molar-refractivity contribution in [3.8, 4) is 0 Å². The lowest BCUT2D eigenvalue weighted by atomic mass is 10.1. The normalized spacial score (nSPS) is 15.7. The van der Waals surface area contributed by atoms with E-state index >= 15 is 0 Å². The van der Waals surface area contributed by atoms with Gasteiger partial charge in [0.15, 0.2) is 6.10 Å². The fourth-order valence-corrected chi connectivity index (χ4v) is 6.59. The minimum atomic E-state index is -4.90. The van der Waals surface area contributed by atoms with Gasteiger partial charge in [-0.3, -0.25) is 23.2 Å². The molecule has 0 radical (unpaired) electrons. The highest BCUT2D eigenvalue weighted by Gasteiger charge is 2.28. The van der Waals surface area contributed by atoms with Crippen molar-refractivity contribution < 1.29 is 71.8 Å². The van der Waals surface area contributed by atoms with Crippen molar-refractivity contribution in [2.24, 2.45) is 0 Å². The Bertz CT molecular complexity index is 1470. The molecule has 0 aromatic heterocycles. The molecule has 362 valence electrons. The predicted molar refractivity (Wildman–Crippen MR) is 246 cm³/mol. The third-order valence-electron chi connectivity index (χ3n) is 8.94. The second kappa shape index (κ2) is 40.7. The number of hydrogen-bond acceptors (Lipinski definition) is 12. The van der Waals surface area contributed by atoms with Crippen LogP contribution in [0.25, 0.3) is 0 Å². The van der Waals surface area contributed by atoms with E-state index in [-0.39, 0.29) is 25.7 Å². The number of aliphatic hydroxyl groups is 3. The van der Waals surface area contributed by atoms with Crippen LogP contribution in [0.15, 0.2) is 85.1 Å². The maximum atomic E-state index is 12.7. The number of phosphoric acid groups is 2. The van der Waals surface area contributed by atoms with Crippen molar-refractivity contribution in [2.75, 3.05) is 26.4 Å². The summed E-state index contributed by atoms with van der Waals surface area (Å²) in [6, 6.07) is 0. The molecule has 15 nitrogen and oxygen atoms in total. The second-order valence-corrected chi connectivity index (χ2v) is 17.7. The van der Waals surface area contributed by atoms with E-state index in [0.29, 0.717) is 19.3 Å². The Morgan fingerprint density at radius 2 is 1.05 bits per heavy atom. The van der Waals surface area contributed by atoms with Crippen molar-refractivity contribution in [1.29, 1.82) is 0 Å². The van der Waals surface area contributed by atoms with Gasteiger partial charge < -0.3 is 39.5 Å². The molecule has 0 rings (SSSR count). The van der Waals surface area contributed by atoms with Crippen LogP contribution in [-0.2, 0) is 41.8 Å². The molecular formula is C46H78O15P2. The van der Waals surface area contributed by atoms with Crippen LogP contribution >= 0.6 is 15.6 Å². The van der Waals surface area contributed by atoms with Crippen LogP contribution < -0.4 is 0 Å². The molecule has 17 heteroatoms. The lowest BCUT2D eigenvalue weighted by Gasteiger charge is -2.20. The smallest absolute Gasteiger partial charge is 0.462 e. The van der Waals surface area contributed by atoms with Crippen molar-refractivity contribution in [1.82, 2.24) is 0 Å². The summed E-state index contributed by atoms with van der Waals surface area (Å²) in [7, 11) is -9.80. The highest BCUT2D eigenvalue weighted by Crippen LogP contribution is 2.43. The van der Waals surface area contributed by atoms with E-state index in [4.69, 9.17) is 23.8 Å². The van der Waals surface area contributed by atoms with Gasteiger partial charge in [-0.05, 0) is 70.6 Å². The van der Waals surface area contributed by atoms with Crippen LogP contribution in [0, 0.1) is 0 Å². The molecule has 0 aliphatic rings. The first-order valence-electron chi connectivity index (χ1n) is 22.5. The largest absolute Gasteiger partial charge is 0.472 e. The fourth-order valence-electron chi connectivity index (χ4n) is 5.44. The van der Waals surface area contributed by atoms with Crippen LogP contribution in [-0.4, -0.2) is 92.8 Å². The molecule has 0 spiro atoms. The number of allylic oxidation sites excluding steroid dienone is 11. The molecule has 0 heterocycles. The van der Waals surface area contributed by atoms with E-state index < -0.39 is 78.4 Å². The van der Waals surface area contributed by atoms with Gasteiger partial charge in [0.05, 0.1) is 32.0 Å². The van der Waals surface area contributed by atoms with E-state index in [9.17, 15) is 38.9 Å². The van der Waals surface area contributed by atoms with E-state index in [0.717, 1.165) is 32.1 Å². The van der Waals surface area contributed by atoms with Crippen molar-refractivity contribution >= 4 is 27.6 Å². The molecule has 5 atom stereocenters. The van der Waals surface area contributed by atoms with Gasteiger partial charge in [-0.25, -0.2) is 9.13 Å². The number of phosphoric ester groups is 2. The van der Waals surface area contributed by atoms with Gasteiger partial charge in [0.25, 0.3) is 0 Å². The van der Waals surface area contributed by atoms with Crippen LogP contribution in [0.4, 0.5) is 0 Å². The number of rotatable bonds is 41. The number of ether oxygens (including phenoxy) is 2. The molecular weight excluding hydrogens is 854 g/mol. The number of esters is 2. The molecule has 0 aliphatic heterocycles. The van der Waals surface area contributed by atoms with E-state index in [1.54, 1.807) is 36.5 Å². The van der Waals surface area contributed by atoms with Gasteiger partial charge >= 0.3 is 27.6 Å². The summed E-state index contributed by atoms with van der Waals surface area (Å²) < 4.78 is 47.5. The predicted octanol–water partition coefficient (Wildman–Crippen LogP) is 9.50. The molecule has 1 unspecified atom stereocenters. The average Bonchev–Trinajstić information content (AvgIpc) is 3.23. The van der Waals surface area contributed by atoms with Gasteiger partial charge in [-0.2, -0.15) is 0 Å². The molecule has 0 saturated heterocycles. The van der Waals surface area contributed by atoms with Gasteiger partial charge in [0, 0.05) is 12.8 Å². The minimum Gasteiger partial charge on any atom is -0.462 e. The maximum absolute atomic E-state index is 12.7. The lowest BCUT2D eigenvalue weighted by molar-refractivity contribution is -0.161. The van der Waals surface area contributed by atoms with Crippen LogP contribution in [0.5, 0.6) is 0 Å². The number of carbonyl (C=O) groups excluding carboxylic acids is 2. The van der Waals surface area contributed by atoms with Gasteiger partial charge in [0.1, 0.15) is 12.7 Å². The molecule has 63 heavy (non-hydrogen) atoms. The Balaban J connectivity index is 4.85. The Labute approximate surface area is 376 Å². The van der Waals surface area contributed by atoms with Crippen molar-refractivity contribution in [3.63, 3.8) is 0 Å². The average molecular weight is 933 g/mol. The van der Waals surface area contributed by atoms with Gasteiger partial charge in [-0.15, -0.1) is 0 Å². The standard InChI is InChI=1S/C46H78O15P2/c1-3-5-7-9-11-12-13-14-15-16-17-18-19-20-21-23-29-35-45(50)57-39-44(40-60-63(55,56)59-38-43(49)37-58-62(52,53)54)61-46(51)36-30-34-42(48)33-28-25-24-27-32-41(47)31-26-22-10-8-6-4-2/h14-15,17-18,20-22,24-28,32-33,41-44,47-49H,3-13,16,19,23,29-31,34-40H2,1-2H3,(H,55,56)(H2,52,53,54)/b15-14-,18-17-,21-20-,25-24+,26-22-,32-27+,33-28-/t41-,42-,43-,44+/m0/s1. The highest BCUT2D eigenvalue weighted by molar-refractivity contribution is 7.47. The first-order valence-corrected chi connectivity index (χ1v) is 25.5. The Morgan fingerprint density at radius 1 is 0.540 bits per heavy atom. The van der Waals surface area contributed by atoms with Crippen molar-refractivity contribution in [2.45, 2.75) is 167 Å². The molecule has 0 amide bonds. The summed E-state index contributed by atoms with van der Waals surface area (Å²) in [5, 5.41) is 30.1. The maximum Gasteiger partial charge on any atom is 0.472 e. The first kappa shape index (κ1) is 60.2. The molecule has 0 saturated carbocycles. The van der Waals surface area contributed by atoms with Gasteiger partial charge in [0.2, 0.25) is 0 Å². The van der Waals surface area contributed by atoms with E-state index in [2.05, 4.69) is 53.3 Å². The second-order valence-electron chi connectivity index (χ2n) is 15.0. The molecule has 0 bridgehead atoms. The molecule has 0 aromatic carbocycles.